The molecule has 0 aliphatic carbocycles. The predicted octanol–water partition coefficient (Wildman–Crippen LogP) is 14.5. The van der Waals surface area contributed by atoms with Crippen LogP contribution >= 0.6 is 63.7 Å². The maximum atomic E-state index is 6.81. The van der Waals surface area contributed by atoms with Crippen LogP contribution < -0.4 is 9.47 Å². The van der Waals surface area contributed by atoms with E-state index in [-0.39, 0.29) is 0 Å². The lowest BCUT2D eigenvalue weighted by atomic mass is 9.93. The van der Waals surface area contributed by atoms with E-state index in [0.29, 0.717) is 12.5 Å². The SMILES string of the molecule is CCCCC(CC)COc1cc(C=C(c2ccc(Br)cc2)c2ccc(Br)cc2)c(OC)cc1C=C(c1ccc(Br)cc1)c1ccc(Br)cc1. The molecule has 1 unspecified atom stereocenters. The molecule has 0 amide bonds. The molecule has 0 aromatic heterocycles. The maximum Gasteiger partial charge on any atom is 0.127 e. The third-order valence-corrected chi connectivity index (χ3v) is 10.7. The van der Waals surface area contributed by atoms with Crippen LogP contribution in [0.4, 0.5) is 0 Å². The van der Waals surface area contributed by atoms with Gasteiger partial charge in [-0.05, 0) is 119 Å². The molecular formula is C43H40Br4O2. The predicted molar refractivity (Wildman–Crippen MR) is 222 cm³/mol. The number of rotatable bonds is 14. The highest BCUT2D eigenvalue weighted by molar-refractivity contribution is 9.11. The lowest BCUT2D eigenvalue weighted by molar-refractivity contribution is 0.232. The van der Waals surface area contributed by atoms with Crippen LogP contribution in [-0.4, -0.2) is 13.7 Å². The number of benzene rings is 5. The van der Waals surface area contributed by atoms with Crippen LogP contribution in [0.2, 0.25) is 0 Å². The average molecular weight is 908 g/mol. The molecule has 2 nitrogen and oxygen atoms in total. The summed E-state index contributed by atoms with van der Waals surface area (Å²) in [4.78, 5) is 0. The minimum atomic E-state index is 0.483. The summed E-state index contributed by atoms with van der Waals surface area (Å²) in [5, 5.41) is 0. The molecule has 6 heteroatoms. The van der Waals surface area contributed by atoms with Gasteiger partial charge in [0, 0.05) is 29.0 Å². The number of hydrogen-bond acceptors (Lipinski definition) is 2. The van der Waals surface area contributed by atoms with Gasteiger partial charge in [0.25, 0.3) is 0 Å². The van der Waals surface area contributed by atoms with Crippen LogP contribution in [0, 0.1) is 5.92 Å². The molecule has 0 heterocycles. The molecular weight excluding hydrogens is 868 g/mol. The van der Waals surface area contributed by atoms with E-state index in [1.807, 2.05) is 0 Å². The first-order valence-corrected chi connectivity index (χ1v) is 19.8. The first-order valence-electron chi connectivity index (χ1n) is 16.6. The molecule has 0 saturated carbocycles. The Morgan fingerprint density at radius 2 is 0.939 bits per heavy atom. The molecule has 1 atom stereocenters. The summed E-state index contributed by atoms with van der Waals surface area (Å²) < 4.78 is 17.1. The van der Waals surface area contributed by atoms with E-state index in [0.717, 1.165) is 86.8 Å². The van der Waals surface area contributed by atoms with E-state index in [9.17, 15) is 0 Å². The highest BCUT2D eigenvalue weighted by Crippen LogP contribution is 2.38. The molecule has 0 aliphatic rings. The number of methoxy groups -OCH3 is 1. The van der Waals surface area contributed by atoms with Gasteiger partial charge in [0.05, 0.1) is 13.7 Å². The second-order valence-corrected chi connectivity index (χ2v) is 15.7. The van der Waals surface area contributed by atoms with Crippen molar-refractivity contribution in [3.8, 4) is 11.5 Å². The Balaban J connectivity index is 1.71. The molecule has 0 radical (unpaired) electrons. The zero-order valence-electron chi connectivity index (χ0n) is 28.0. The molecule has 0 fully saturated rings. The smallest absolute Gasteiger partial charge is 0.127 e. The Morgan fingerprint density at radius 3 is 1.29 bits per heavy atom. The number of hydrogen-bond donors (Lipinski definition) is 0. The van der Waals surface area contributed by atoms with Crippen molar-refractivity contribution in [1.29, 1.82) is 0 Å². The van der Waals surface area contributed by atoms with Crippen LogP contribution in [-0.2, 0) is 0 Å². The van der Waals surface area contributed by atoms with Crippen molar-refractivity contribution >= 4 is 87.0 Å². The van der Waals surface area contributed by atoms with Gasteiger partial charge in [-0.3, -0.25) is 0 Å². The minimum Gasteiger partial charge on any atom is -0.496 e. The lowest BCUT2D eigenvalue weighted by Gasteiger charge is -2.20. The molecule has 5 aromatic rings. The summed E-state index contributed by atoms with van der Waals surface area (Å²) in [7, 11) is 1.74. The highest BCUT2D eigenvalue weighted by atomic mass is 79.9. The number of unbranched alkanes of at least 4 members (excludes halogenated alkanes) is 1. The van der Waals surface area contributed by atoms with Crippen LogP contribution in [0.3, 0.4) is 0 Å². The average Bonchev–Trinajstić information content (AvgIpc) is 3.12. The van der Waals surface area contributed by atoms with Gasteiger partial charge in [-0.25, -0.2) is 0 Å². The molecule has 0 aliphatic heterocycles. The molecule has 0 spiro atoms. The number of ether oxygens (including phenoxy) is 2. The summed E-state index contributed by atoms with van der Waals surface area (Å²) in [6.07, 6.45) is 9.06. The third kappa shape index (κ3) is 10.3. The fourth-order valence-electron chi connectivity index (χ4n) is 5.72. The van der Waals surface area contributed by atoms with Gasteiger partial charge in [0.15, 0.2) is 0 Å². The van der Waals surface area contributed by atoms with Crippen molar-refractivity contribution in [2.24, 2.45) is 5.92 Å². The second kappa shape index (κ2) is 18.4. The van der Waals surface area contributed by atoms with E-state index in [2.05, 4.69) is 199 Å². The van der Waals surface area contributed by atoms with Gasteiger partial charge < -0.3 is 9.47 Å². The molecule has 252 valence electrons. The van der Waals surface area contributed by atoms with Crippen molar-refractivity contribution in [3.05, 3.63) is 160 Å². The standard InChI is InChI=1S/C43H40Br4O2/c1-4-6-7-29(5-2)28-49-43-27-34(24-40(30-8-16-36(44)17-9-30)31-10-18-37(45)19-11-31)42(48-3)26-35(43)25-41(32-12-20-38(46)21-13-32)33-14-22-39(47)23-15-33/h8-27,29H,4-7,28H2,1-3H3. The van der Waals surface area contributed by atoms with Gasteiger partial charge in [-0.15, -0.1) is 0 Å². The van der Waals surface area contributed by atoms with Crippen molar-refractivity contribution in [3.63, 3.8) is 0 Å². The van der Waals surface area contributed by atoms with Gasteiger partial charge in [-0.1, -0.05) is 145 Å². The van der Waals surface area contributed by atoms with Crippen molar-refractivity contribution in [2.75, 3.05) is 13.7 Å². The van der Waals surface area contributed by atoms with E-state index < -0.39 is 0 Å². The van der Waals surface area contributed by atoms with Crippen molar-refractivity contribution < 1.29 is 9.47 Å². The summed E-state index contributed by atoms with van der Waals surface area (Å²) in [6, 6.07) is 38.1. The molecule has 5 rings (SSSR count). The van der Waals surface area contributed by atoms with Crippen molar-refractivity contribution in [2.45, 2.75) is 39.5 Å². The van der Waals surface area contributed by atoms with E-state index >= 15 is 0 Å². The quantitative estimate of drug-likeness (QED) is 0.103. The van der Waals surface area contributed by atoms with Crippen molar-refractivity contribution in [1.82, 2.24) is 0 Å². The molecule has 49 heavy (non-hydrogen) atoms. The van der Waals surface area contributed by atoms with Gasteiger partial charge >= 0.3 is 0 Å². The maximum absolute atomic E-state index is 6.81. The van der Waals surface area contributed by atoms with Gasteiger partial charge in [0.2, 0.25) is 0 Å². The van der Waals surface area contributed by atoms with E-state index in [1.54, 1.807) is 7.11 Å². The Bertz CT molecular complexity index is 1780. The van der Waals surface area contributed by atoms with Crippen LogP contribution in [0.15, 0.2) is 127 Å². The first kappa shape index (κ1) is 37.4. The summed E-state index contributed by atoms with van der Waals surface area (Å²) in [5.74, 6) is 2.09. The molecule has 0 bridgehead atoms. The largest absolute Gasteiger partial charge is 0.496 e. The topological polar surface area (TPSA) is 18.5 Å². The summed E-state index contributed by atoms with van der Waals surface area (Å²) in [5.41, 5.74) is 8.55. The first-order chi connectivity index (χ1) is 23.8. The van der Waals surface area contributed by atoms with Gasteiger partial charge in [-0.2, -0.15) is 0 Å². The molecule has 0 N–H and O–H groups in total. The Labute approximate surface area is 325 Å². The zero-order valence-corrected chi connectivity index (χ0v) is 34.3. The Kier molecular flexibility index (Phi) is 14.0. The molecule has 5 aromatic carbocycles. The van der Waals surface area contributed by atoms with E-state index in [1.165, 1.54) is 12.8 Å². The zero-order chi connectivity index (χ0) is 34.8. The molecule has 0 saturated heterocycles. The van der Waals surface area contributed by atoms with Crippen LogP contribution in [0.25, 0.3) is 23.3 Å². The Hall–Kier alpha value is -2.90. The fourth-order valence-corrected chi connectivity index (χ4v) is 6.78. The fraction of sp³-hybridized carbons (Fsp3) is 0.209. The third-order valence-electron chi connectivity index (χ3n) is 8.60. The summed E-state index contributed by atoms with van der Waals surface area (Å²) >= 11 is 14.4. The minimum absolute atomic E-state index is 0.483. The van der Waals surface area contributed by atoms with Gasteiger partial charge in [0.1, 0.15) is 11.5 Å². The lowest BCUT2D eigenvalue weighted by Crippen LogP contribution is -2.12. The van der Waals surface area contributed by atoms with E-state index in [4.69, 9.17) is 9.47 Å². The second-order valence-electron chi connectivity index (χ2n) is 12.0. The summed E-state index contributed by atoms with van der Waals surface area (Å²) in [6.45, 7) is 5.17. The monoisotopic (exact) mass is 904 g/mol. The normalized spacial score (nSPS) is 11.5. The number of halogens is 4. The van der Waals surface area contributed by atoms with Crippen LogP contribution in [0.1, 0.15) is 72.9 Å². The van der Waals surface area contributed by atoms with Crippen LogP contribution in [0.5, 0.6) is 11.5 Å². The Morgan fingerprint density at radius 1 is 0.571 bits per heavy atom. The highest BCUT2D eigenvalue weighted by Gasteiger charge is 2.16.